The van der Waals surface area contributed by atoms with Gasteiger partial charge >= 0.3 is 0 Å². The smallest absolute Gasteiger partial charge is 0.220 e. The van der Waals surface area contributed by atoms with Gasteiger partial charge in [0.15, 0.2) is 18.9 Å². The highest BCUT2D eigenvalue weighted by molar-refractivity contribution is 5.76. The van der Waals surface area contributed by atoms with Crippen molar-refractivity contribution < 1.29 is 89.4 Å². The van der Waals surface area contributed by atoms with Crippen LogP contribution in [-0.2, 0) is 33.2 Å². The Bertz CT molecular complexity index is 2370. The summed E-state index contributed by atoms with van der Waals surface area (Å²) in [5.41, 5.74) is 0. The van der Waals surface area contributed by atoms with Gasteiger partial charge < -0.3 is 89.9 Å². The Morgan fingerprint density at radius 2 is 0.667 bits per heavy atom. The Hall–Kier alpha value is -3.81. The summed E-state index contributed by atoms with van der Waals surface area (Å²) in [6, 6.07) is -1.01. The first-order valence-electron chi connectivity index (χ1n) is 41.3. The van der Waals surface area contributed by atoms with Crippen LogP contribution in [0.5, 0.6) is 0 Å². The van der Waals surface area contributed by atoms with E-state index in [1.165, 1.54) is 148 Å². The average molecular weight is 1480 g/mol. The molecule has 17 unspecified atom stereocenters. The quantitative estimate of drug-likeness (QED) is 0.0199. The summed E-state index contributed by atoms with van der Waals surface area (Å²) in [6.45, 7) is 1.61. The Balaban J connectivity index is 1.39. The number of allylic oxidation sites excluding steroid dienone is 19. The molecule has 0 aliphatic carbocycles. The second-order valence-electron chi connectivity index (χ2n) is 28.8. The predicted molar refractivity (Wildman–Crippen MR) is 420 cm³/mol. The van der Waals surface area contributed by atoms with Gasteiger partial charge in [-0.15, -0.1) is 0 Å². The molecule has 19 heteroatoms. The molecule has 604 valence electrons. The summed E-state index contributed by atoms with van der Waals surface area (Å²) in [5.74, 6) is -0.296. The highest BCUT2D eigenvalue weighted by Crippen LogP contribution is 2.33. The number of aliphatic hydroxyl groups excluding tert-OH is 11. The van der Waals surface area contributed by atoms with E-state index in [2.05, 4.69) is 129 Å². The van der Waals surface area contributed by atoms with E-state index in [4.69, 9.17) is 28.4 Å². The number of ether oxygens (including phenoxy) is 6. The fraction of sp³-hybridized carbons (Fsp3) is 0.756. The highest BCUT2D eigenvalue weighted by Gasteiger charge is 2.54. The Labute approximate surface area is 633 Å². The zero-order chi connectivity index (χ0) is 76.0. The molecule has 3 heterocycles. The molecule has 0 aromatic heterocycles. The van der Waals surface area contributed by atoms with E-state index in [-0.39, 0.29) is 18.9 Å². The number of aliphatic hydroxyl groups is 11. The summed E-state index contributed by atoms with van der Waals surface area (Å²) >= 11 is 0. The second kappa shape index (κ2) is 65.0. The number of hydrogen-bond acceptors (Lipinski definition) is 18. The Kier molecular flexibility index (Phi) is 59.0. The molecule has 0 saturated carbocycles. The molecule has 3 saturated heterocycles. The summed E-state index contributed by atoms with van der Waals surface area (Å²) < 4.78 is 34.4. The minimum atomic E-state index is -1.99. The number of rotatable bonds is 64. The third-order valence-corrected chi connectivity index (χ3v) is 19.7. The molecule has 12 N–H and O–H groups in total. The van der Waals surface area contributed by atoms with Crippen LogP contribution in [0.15, 0.2) is 122 Å². The van der Waals surface area contributed by atoms with Crippen molar-refractivity contribution in [3.05, 3.63) is 122 Å². The summed E-state index contributed by atoms with van der Waals surface area (Å²) in [6.07, 6.45) is 64.7. The van der Waals surface area contributed by atoms with E-state index in [0.717, 1.165) is 103 Å². The third-order valence-electron chi connectivity index (χ3n) is 19.7. The lowest BCUT2D eigenvalue weighted by Crippen LogP contribution is -2.66. The lowest BCUT2D eigenvalue weighted by Gasteiger charge is -2.48. The molecule has 105 heavy (non-hydrogen) atoms. The zero-order valence-corrected chi connectivity index (χ0v) is 64.7. The van der Waals surface area contributed by atoms with E-state index in [1.54, 1.807) is 6.08 Å². The molecule has 3 aliphatic heterocycles. The molecule has 3 fully saturated rings. The fourth-order valence-corrected chi connectivity index (χ4v) is 13.1. The van der Waals surface area contributed by atoms with Crippen molar-refractivity contribution in [3.8, 4) is 0 Å². The van der Waals surface area contributed by atoms with E-state index in [0.29, 0.717) is 12.8 Å². The minimum absolute atomic E-state index is 0.221. The number of nitrogens with one attached hydrogen (secondary N) is 1. The van der Waals surface area contributed by atoms with Crippen molar-refractivity contribution in [1.82, 2.24) is 5.32 Å². The summed E-state index contributed by atoms with van der Waals surface area (Å²) in [7, 11) is 0. The average Bonchev–Trinajstić information content (AvgIpc) is 0.780. The first kappa shape index (κ1) is 95.4. The van der Waals surface area contributed by atoms with Crippen LogP contribution in [0.1, 0.15) is 284 Å². The van der Waals surface area contributed by atoms with Gasteiger partial charge in [0.2, 0.25) is 5.91 Å². The van der Waals surface area contributed by atoms with Crippen LogP contribution in [0.2, 0.25) is 0 Å². The van der Waals surface area contributed by atoms with Gasteiger partial charge in [0.05, 0.1) is 38.6 Å². The number of amides is 1. The maximum Gasteiger partial charge on any atom is 0.220 e. The van der Waals surface area contributed by atoms with Crippen LogP contribution in [0.25, 0.3) is 0 Å². The number of unbranched alkanes of at least 4 members (excludes halogenated alkanes) is 30. The number of carbonyl (C=O) groups is 1. The van der Waals surface area contributed by atoms with Crippen molar-refractivity contribution in [2.75, 3.05) is 26.4 Å². The highest BCUT2D eigenvalue weighted by atomic mass is 16.8. The van der Waals surface area contributed by atoms with Gasteiger partial charge in [0.1, 0.15) is 73.2 Å². The van der Waals surface area contributed by atoms with E-state index in [1.807, 2.05) is 6.08 Å². The van der Waals surface area contributed by atoms with Crippen LogP contribution in [0.3, 0.4) is 0 Å². The lowest BCUT2D eigenvalue weighted by atomic mass is 9.96. The van der Waals surface area contributed by atoms with Gasteiger partial charge in [-0.1, -0.05) is 296 Å². The van der Waals surface area contributed by atoms with Crippen LogP contribution in [0.4, 0.5) is 0 Å². The van der Waals surface area contributed by atoms with Crippen molar-refractivity contribution >= 4 is 5.91 Å². The zero-order valence-electron chi connectivity index (χ0n) is 64.7. The van der Waals surface area contributed by atoms with Crippen molar-refractivity contribution in [3.63, 3.8) is 0 Å². The monoisotopic (exact) mass is 1480 g/mol. The second-order valence-corrected chi connectivity index (χ2v) is 28.8. The molecule has 0 aromatic carbocycles. The Morgan fingerprint density at radius 3 is 1.07 bits per heavy atom. The van der Waals surface area contributed by atoms with Crippen LogP contribution in [0, 0.1) is 0 Å². The minimum Gasteiger partial charge on any atom is -0.394 e. The van der Waals surface area contributed by atoms with Crippen molar-refractivity contribution in [2.45, 2.75) is 388 Å². The number of hydrogen-bond donors (Lipinski definition) is 12. The molecule has 0 spiro atoms. The molecular formula is C86H147NO18. The first-order chi connectivity index (χ1) is 51.3. The van der Waals surface area contributed by atoms with Gasteiger partial charge in [0, 0.05) is 6.42 Å². The molecule has 0 radical (unpaired) electrons. The summed E-state index contributed by atoms with van der Waals surface area (Å²) in [5, 5.41) is 121. The third kappa shape index (κ3) is 44.6. The molecule has 19 nitrogen and oxygen atoms in total. The van der Waals surface area contributed by atoms with Gasteiger partial charge in [0.25, 0.3) is 0 Å². The van der Waals surface area contributed by atoms with Crippen molar-refractivity contribution in [1.29, 1.82) is 0 Å². The normalized spacial score (nSPS) is 26.4. The number of carbonyl (C=O) groups excluding carboxylic acids is 1. The van der Waals surface area contributed by atoms with Crippen LogP contribution in [-0.4, -0.2) is 193 Å². The van der Waals surface area contributed by atoms with Gasteiger partial charge in [-0.25, -0.2) is 0 Å². The summed E-state index contributed by atoms with van der Waals surface area (Å²) in [4.78, 5) is 13.5. The standard InChI is InChI=1S/C86H147NO18/c1-3-5-7-9-11-13-15-17-19-21-23-25-27-29-31-32-33-34-35-36-38-40-42-44-46-48-50-52-54-56-58-60-62-64-74(92)87-69(70(91)63-61-59-57-55-53-51-49-47-45-43-41-39-37-30-28-26-24-22-20-18-16-14-12-10-8-6-4-2)68-100-84-80(98)77(95)82(72(66-89)102-84)105-86-81(99)78(96)83(73(67-90)103-86)104-85-79(97)76(94)75(93)71(65-88)101-85/h5,7,11,13,17,19,23,25,29,31,33-34,36,38,45,47,53,55,61,63,69-73,75-86,88-91,93-99H,3-4,6,8-10,12,14-16,18,20-22,24,26-28,30,32,35,37,39-44,46,48-52,54,56-60,62,64-68H2,1-2H3,(H,87,92)/b7-5-,13-11-,19-17-,25-23-,31-29-,34-33-,38-36-,47-45+,55-53+,63-61+. The first-order valence-corrected chi connectivity index (χ1v) is 41.3. The van der Waals surface area contributed by atoms with Crippen LogP contribution < -0.4 is 5.32 Å². The van der Waals surface area contributed by atoms with Crippen molar-refractivity contribution in [2.24, 2.45) is 0 Å². The Morgan fingerprint density at radius 1 is 0.352 bits per heavy atom. The maximum atomic E-state index is 13.5. The molecule has 17 atom stereocenters. The molecule has 1 amide bonds. The predicted octanol–water partition coefficient (Wildman–Crippen LogP) is 14.3. The molecule has 0 bridgehead atoms. The lowest BCUT2D eigenvalue weighted by molar-refractivity contribution is -0.379. The molecule has 3 rings (SSSR count). The molecule has 0 aromatic rings. The van der Waals surface area contributed by atoms with Gasteiger partial charge in [-0.05, 0) is 103 Å². The largest absolute Gasteiger partial charge is 0.394 e. The van der Waals surface area contributed by atoms with Gasteiger partial charge in [-0.2, -0.15) is 0 Å². The fourth-order valence-electron chi connectivity index (χ4n) is 13.1. The molecule has 3 aliphatic rings. The topological polar surface area (TPSA) is 307 Å². The van der Waals surface area contributed by atoms with E-state index >= 15 is 0 Å². The maximum absolute atomic E-state index is 13.5. The van der Waals surface area contributed by atoms with E-state index in [9.17, 15) is 61.0 Å². The molecular weight excluding hydrogens is 1330 g/mol. The van der Waals surface area contributed by atoms with Crippen LogP contribution >= 0.6 is 0 Å². The van der Waals surface area contributed by atoms with E-state index < -0.39 is 124 Å². The van der Waals surface area contributed by atoms with Gasteiger partial charge in [-0.3, -0.25) is 4.79 Å². The SMILES string of the molecule is CC/C=C\C/C=C\C/C=C\C/C=C\C/C=C\C/C=C\C/C=C\CCCCCCCCCCCCCC(=O)NC(COC1OC(CO)C(OC2OC(CO)C(OC3OC(CO)C(O)C(O)C3O)C(O)C2O)C(O)C1O)C(O)/C=C/CC/C=C/CC/C=C/CCCCCCCCCCCCCCCCCCC.